The number of nitrogens with one attached hydrogen (secondary N) is 1. The van der Waals surface area contributed by atoms with Gasteiger partial charge in [-0.3, -0.25) is 14.9 Å². The molecule has 1 fully saturated rings. The van der Waals surface area contributed by atoms with E-state index in [1.165, 1.54) is 6.07 Å². The fourth-order valence-corrected chi connectivity index (χ4v) is 2.76. The smallest absolute Gasteiger partial charge is 0.273 e. The van der Waals surface area contributed by atoms with E-state index in [0.717, 1.165) is 13.1 Å². The summed E-state index contributed by atoms with van der Waals surface area (Å²) in [6.07, 6.45) is 0. The summed E-state index contributed by atoms with van der Waals surface area (Å²) >= 11 is 0. The number of nitro groups is 1. The first-order chi connectivity index (χ1) is 10.2. The lowest BCUT2D eigenvalue weighted by Gasteiger charge is -2.34. The number of benzene rings is 1. The maximum Gasteiger partial charge on any atom is 0.273 e. The number of carbonyl (C=O) groups is 1. The highest BCUT2D eigenvalue weighted by Crippen LogP contribution is 2.32. The van der Waals surface area contributed by atoms with Gasteiger partial charge in [-0.15, -0.1) is 0 Å². The lowest BCUT2D eigenvalue weighted by molar-refractivity contribution is -0.386. The molecular weight excluding hydrogens is 282 g/mol. The van der Waals surface area contributed by atoms with Gasteiger partial charge in [-0.2, -0.15) is 0 Å². The van der Waals surface area contributed by atoms with Crippen LogP contribution in [-0.4, -0.2) is 41.4 Å². The summed E-state index contributed by atoms with van der Waals surface area (Å²) < 4.78 is 0. The minimum absolute atomic E-state index is 0.0149. The highest BCUT2D eigenvalue weighted by atomic mass is 16.6. The predicted molar refractivity (Wildman–Crippen MR) is 85.2 cm³/mol. The van der Waals surface area contributed by atoms with Crippen LogP contribution < -0.4 is 5.32 Å². The molecule has 0 aliphatic carbocycles. The van der Waals surface area contributed by atoms with Crippen LogP contribution in [0.1, 0.15) is 43.6 Å². The molecule has 0 spiro atoms. The van der Waals surface area contributed by atoms with Gasteiger partial charge in [-0.25, -0.2) is 0 Å². The number of hydrogen-bond donors (Lipinski definition) is 1. The molecule has 2 rings (SSSR count). The molecule has 6 heteroatoms. The summed E-state index contributed by atoms with van der Waals surface area (Å²) in [4.78, 5) is 25.3. The summed E-state index contributed by atoms with van der Waals surface area (Å²) in [5, 5.41) is 14.6. The molecule has 22 heavy (non-hydrogen) atoms. The largest absolute Gasteiger partial charge is 0.333 e. The van der Waals surface area contributed by atoms with Crippen molar-refractivity contribution in [2.75, 3.05) is 19.6 Å². The number of rotatable bonds is 2. The Balaban J connectivity index is 2.38. The first-order valence-electron chi connectivity index (χ1n) is 7.52. The van der Waals surface area contributed by atoms with Gasteiger partial charge < -0.3 is 10.2 Å². The molecule has 0 saturated carbocycles. The molecule has 1 heterocycles. The minimum atomic E-state index is -0.404. The lowest BCUT2D eigenvalue weighted by Crippen LogP contribution is -2.52. The van der Waals surface area contributed by atoms with Crippen LogP contribution in [0.5, 0.6) is 0 Å². The van der Waals surface area contributed by atoms with Crippen molar-refractivity contribution in [2.45, 2.75) is 39.2 Å². The number of nitrogens with zero attached hydrogens (tertiary/aromatic N) is 2. The quantitative estimate of drug-likeness (QED) is 0.672. The Morgan fingerprint density at radius 2 is 2.09 bits per heavy atom. The van der Waals surface area contributed by atoms with Gasteiger partial charge in [0.2, 0.25) is 0 Å². The molecule has 1 aliphatic heterocycles. The van der Waals surface area contributed by atoms with Crippen LogP contribution >= 0.6 is 0 Å². The molecule has 6 nitrogen and oxygen atoms in total. The Labute approximate surface area is 130 Å². The van der Waals surface area contributed by atoms with Gasteiger partial charge in [0.25, 0.3) is 11.6 Å². The Kier molecular flexibility index (Phi) is 4.51. The van der Waals surface area contributed by atoms with E-state index in [9.17, 15) is 14.9 Å². The standard InChI is InChI=1S/C16H23N3O3/c1-11-10-17-7-8-18(11)15(20)12-5-6-13(16(2,3)4)14(9-12)19(21)22/h5-6,9,11,17H,7-8,10H2,1-4H3/t11-/m0/s1. The zero-order chi connectivity index (χ0) is 16.5. The van der Waals surface area contributed by atoms with Crippen LogP contribution in [0.25, 0.3) is 0 Å². The third-order valence-corrected chi connectivity index (χ3v) is 4.01. The Bertz CT molecular complexity index is 593. The van der Waals surface area contributed by atoms with Crippen LogP contribution in [0.4, 0.5) is 5.69 Å². The van der Waals surface area contributed by atoms with E-state index >= 15 is 0 Å². The average molecular weight is 305 g/mol. The first kappa shape index (κ1) is 16.4. The number of hydrogen-bond acceptors (Lipinski definition) is 4. The molecule has 120 valence electrons. The van der Waals surface area contributed by atoms with Crippen molar-refractivity contribution in [2.24, 2.45) is 0 Å². The second kappa shape index (κ2) is 6.04. The average Bonchev–Trinajstić information content (AvgIpc) is 2.45. The third-order valence-electron chi connectivity index (χ3n) is 4.01. The summed E-state index contributed by atoms with van der Waals surface area (Å²) in [6.45, 7) is 9.86. The van der Waals surface area contributed by atoms with Crippen molar-refractivity contribution in [3.63, 3.8) is 0 Å². The van der Waals surface area contributed by atoms with Crippen molar-refractivity contribution in [3.8, 4) is 0 Å². The topological polar surface area (TPSA) is 75.5 Å². The molecule has 1 N–H and O–H groups in total. The van der Waals surface area contributed by atoms with E-state index in [2.05, 4.69) is 5.32 Å². The maximum atomic E-state index is 12.6. The Morgan fingerprint density at radius 1 is 1.41 bits per heavy atom. The number of nitro benzene ring substituents is 1. The monoisotopic (exact) mass is 305 g/mol. The summed E-state index contributed by atoms with van der Waals surface area (Å²) in [5.74, 6) is -0.141. The first-order valence-corrected chi connectivity index (χ1v) is 7.52. The Hall–Kier alpha value is -1.95. The van der Waals surface area contributed by atoms with Gasteiger partial charge >= 0.3 is 0 Å². The lowest BCUT2D eigenvalue weighted by atomic mass is 9.85. The predicted octanol–water partition coefficient (Wildman–Crippen LogP) is 2.33. The zero-order valence-corrected chi connectivity index (χ0v) is 13.5. The number of amides is 1. The summed E-state index contributed by atoms with van der Waals surface area (Å²) in [6, 6.07) is 4.91. The summed E-state index contributed by atoms with van der Waals surface area (Å²) in [7, 11) is 0. The van der Waals surface area contributed by atoms with Crippen LogP contribution in [-0.2, 0) is 5.41 Å². The van der Waals surface area contributed by atoms with Gasteiger partial charge in [0.1, 0.15) is 0 Å². The van der Waals surface area contributed by atoms with E-state index in [0.29, 0.717) is 17.7 Å². The fraction of sp³-hybridized carbons (Fsp3) is 0.562. The van der Waals surface area contributed by atoms with Crippen LogP contribution in [0, 0.1) is 10.1 Å². The molecule has 0 aromatic heterocycles. The van der Waals surface area contributed by atoms with Gasteiger partial charge in [-0.05, 0) is 18.4 Å². The molecule has 1 aliphatic rings. The second-order valence-corrected chi connectivity index (χ2v) is 6.79. The highest BCUT2D eigenvalue weighted by Gasteiger charge is 2.29. The number of piperazine rings is 1. The van der Waals surface area contributed by atoms with Gasteiger partial charge in [0.05, 0.1) is 4.92 Å². The number of carbonyl (C=O) groups excluding carboxylic acids is 1. The van der Waals surface area contributed by atoms with Crippen molar-refractivity contribution in [1.29, 1.82) is 0 Å². The van der Waals surface area contributed by atoms with Crippen molar-refractivity contribution in [1.82, 2.24) is 10.2 Å². The molecule has 0 unspecified atom stereocenters. The molecular formula is C16H23N3O3. The van der Waals surface area contributed by atoms with Crippen molar-refractivity contribution in [3.05, 3.63) is 39.4 Å². The molecule has 0 bridgehead atoms. The normalized spacial score (nSPS) is 19.1. The van der Waals surface area contributed by atoms with Crippen LogP contribution in [0.2, 0.25) is 0 Å². The molecule has 1 amide bonds. The van der Waals surface area contributed by atoms with E-state index < -0.39 is 4.92 Å². The molecule has 1 aromatic carbocycles. The van der Waals surface area contributed by atoms with Crippen molar-refractivity contribution < 1.29 is 9.72 Å². The van der Waals surface area contributed by atoms with E-state index in [1.54, 1.807) is 17.0 Å². The summed E-state index contributed by atoms with van der Waals surface area (Å²) in [5.41, 5.74) is 0.698. The van der Waals surface area contributed by atoms with Crippen LogP contribution in [0.15, 0.2) is 18.2 Å². The maximum absolute atomic E-state index is 12.6. The van der Waals surface area contributed by atoms with E-state index in [1.807, 2.05) is 27.7 Å². The highest BCUT2D eigenvalue weighted by molar-refractivity contribution is 5.95. The zero-order valence-electron chi connectivity index (χ0n) is 13.5. The van der Waals surface area contributed by atoms with Gasteiger partial charge in [0, 0.05) is 42.9 Å². The molecule has 1 saturated heterocycles. The van der Waals surface area contributed by atoms with Gasteiger partial charge in [0.15, 0.2) is 0 Å². The molecule has 0 radical (unpaired) electrons. The second-order valence-electron chi connectivity index (χ2n) is 6.79. The molecule has 1 aromatic rings. The van der Waals surface area contributed by atoms with Gasteiger partial charge in [-0.1, -0.05) is 26.8 Å². The van der Waals surface area contributed by atoms with E-state index in [-0.39, 0.29) is 23.1 Å². The minimum Gasteiger partial charge on any atom is -0.333 e. The van der Waals surface area contributed by atoms with E-state index in [4.69, 9.17) is 0 Å². The van der Waals surface area contributed by atoms with Crippen LogP contribution in [0.3, 0.4) is 0 Å². The molecule has 1 atom stereocenters. The SMILES string of the molecule is C[C@H]1CNCCN1C(=O)c1ccc(C(C)(C)C)c([N+](=O)[O-])c1. The Morgan fingerprint density at radius 3 is 2.64 bits per heavy atom. The third kappa shape index (κ3) is 3.27. The fourth-order valence-electron chi connectivity index (χ4n) is 2.76. The van der Waals surface area contributed by atoms with Crippen molar-refractivity contribution >= 4 is 11.6 Å².